The third kappa shape index (κ3) is 3.77. The van der Waals surface area contributed by atoms with Crippen molar-refractivity contribution in [2.24, 2.45) is 0 Å². The van der Waals surface area contributed by atoms with Gasteiger partial charge in [-0.1, -0.05) is 18.2 Å². The van der Waals surface area contributed by atoms with Crippen molar-refractivity contribution in [2.75, 3.05) is 17.2 Å². The summed E-state index contributed by atoms with van der Waals surface area (Å²) in [5, 5.41) is 5.27. The summed E-state index contributed by atoms with van der Waals surface area (Å²) < 4.78 is 26.6. The Morgan fingerprint density at radius 2 is 1.80 bits per heavy atom. The van der Waals surface area contributed by atoms with Gasteiger partial charge in [0.1, 0.15) is 11.6 Å². The van der Waals surface area contributed by atoms with Crippen molar-refractivity contribution in [3.8, 4) is 0 Å². The molecule has 2 rings (SSSR count). The van der Waals surface area contributed by atoms with Crippen LogP contribution in [0.4, 0.5) is 20.2 Å². The minimum atomic E-state index is -0.752. The Bertz CT molecular complexity index is 620. The first kappa shape index (κ1) is 14.5. The van der Waals surface area contributed by atoms with E-state index in [1.54, 1.807) is 24.3 Å². The van der Waals surface area contributed by atoms with E-state index in [0.717, 1.165) is 6.07 Å². The summed E-state index contributed by atoms with van der Waals surface area (Å²) in [5.74, 6) is -1.77. The fraction of sp³-hybridized carbons (Fsp3) is 0.0714. The second kappa shape index (κ2) is 6.47. The fourth-order valence-corrected chi connectivity index (χ4v) is 1.90. The van der Waals surface area contributed by atoms with E-state index in [4.69, 9.17) is 0 Å². The average molecular weight is 341 g/mol. The molecule has 1 amide bonds. The summed E-state index contributed by atoms with van der Waals surface area (Å²) >= 11 is 2.96. The van der Waals surface area contributed by atoms with Gasteiger partial charge in [0, 0.05) is 11.8 Å². The van der Waals surface area contributed by atoms with Crippen molar-refractivity contribution in [1.82, 2.24) is 0 Å². The summed E-state index contributed by atoms with van der Waals surface area (Å²) in [5.41, 5.74) is 0.710. The predicted octanol–water partition coefficient (Wildman–Crippen LogP) is 3.78. The van der Waals surface area contributed by atoms with Gasteiger partial charge in [-0.3, -0.25) is 4.79 Å². The fourth-order valence-electron chi connectivity index (χ4n) is 1.56. The van der Waals surface area contributed by atoms with E-state index in [1.807, 2.05) is 6.07 Å². The number of para-hydroxylation sites is 1. The molecule has 0 fully saturated rings. The summed E-state index contributed by atoms with van der Waals surface area (Å²) in [6, 6.07) is 10.9. The highest BCUT2D eigenvalue weighted by molar-refractivity contribution is 9.10. The molecule has 0 aliphatic rings. The lowest BCUT2D eigenvalue weighted by atomic mass is 10.3. The smallest absolute Gasteiger partial charge is 0.243 e. The van der Waals surface area contributed by atoms with Crippen LogP contribution in [-0.4, -0.2) is 12.5 Å². The molecule has 2 N–H and O–H groups in total. The van der Waals surface area contributed by atoms with E-state index in [0.29, 0.717) is 5.69 Å². The molecular formula is C14H11BrF2N2O. The Balaban J connectivity index is 1.95. The van der Waals surface area contributed by atoms with Gasteiger partial charge in [-0.15, -0.1) is 0 Å². The van der Waals surface area contributed by atoms with Gasteiger partial charge in [-0.05, 0) is 34.1 Å². The van der Waals surface area contributed by atoms with Crippen LogP contribution in [0.15, 0.2) is 46.9 Å². The van der Waals surface area contributed by atoms with Gasteiger partial charge < -0.3 is 10.6 Å². The van der Waals surface area contributed by atoms with E-state index in [2.05, 4.69) is 26.6 Å². The van der Waals surface area contributed by atoms with Gasteiger partial charge in [0.15, 0.2) is 0 Å². The zero-order valence-corrected chi connectivity index (χ0v) is 11.9. The molecule has 0 aliphatic carbocycles. The Morgan fingerprint density at radius 1 is 1.10 bits per heavy atom. The van der Waals surface area contributed by atoms with Crippen LogP contribution in [0.1, 0.15) is 0 Å². The van der Waals surface area contributed by atoms with Crippen LogP contribution in [0, 0.1) is 11.6 Å². The van der Waals surface area contributed by atoms with Crippen LogP contribution < -0.4 is 10.6 Å². The molecular weight excluding hydrogens is 330 g/mol. The molecule has 0 radical (unpaired) electrons. The topological polar surface area (TPSA) is 41.1 Å². The number of carbonyl (C=O) groups excluding carboxylic acids is 1. The number of halogens is 3. The minimum Gasteiger partial charge on any atom is -0.374 e. The lowest BCUT2D eigenvalue weighted by Crippen LogP contribution is -2.22. The van der Waals surface area contributed by atoms with Crippen LogP contribution in [-0.2, 0) is 4.79 Å². The zero-order chi connectivity index (χ0) is 14.5. The van der Waals surface area contributed by atoms with Crippen molar-refractivity contribution < 1.29 is 13.6 Å². The Labute approximate surface area is 123 Å². The van der Waals surface area contributed by atoms with Gasteiger partial charge in [0.25, 0.3) is 0 Å². The molecule has 0 aromatic heterocycles. The van der Waals surface area contributed by atoms with Crippen molar-refractivity contribution >= 4 is 33.2 Å². The number of carbonyl (C=O) groups is 1. The van der Waals surface area contributed by atoms with Gasteiger partial charge >= 0.3 is 0 Å². The first-order valence-corrected chi connectivity index (χ1v) is 6.59. The molecule has 0 spiro atoms. The molecule has 3 nitrogen and oxygen atoms in total. The Hall–Kier alpha value is -1.95. The number of benzene rings is 2. The van der Waals surface area contributed by atoms with Gasteiger partial charge in [-0.2, -0.15) is 0 Å². The summed E-state index contributed by atoms with van der Waals surface area (Å²) in [4.78, 5) is 11.7. The molecule has 0 unspecified atom stereocenters. The third-order valence-corrected chi connectivity index (χ3v) is 3.11. The Kier molecular flexibility index (Phi) is 4.68. The van der Waals surface area contributed by atoms with Crippen molar-refractivity contribution in [2.45, 2.75) is 0 Å². The van der Waals surface area contributed by atoms with Crippen molar-refractivity contribution in [3.63, 3.8) is 0 Å². The lowest BCUT2D eigenvalue weighted by Gasteiger charge is -2.09. The molecule has 0 heterocycles. The predicted molar refractivity (Wildman–Crippen MR) is 77.6 cm³/mol. The van der Waals surface area contributed by atoms with E-state index < -0.39 is 11.6 Å². The minimum absolute atomic E-state index is 0.0569. The number of amides is 1. The molecule has 6 heteroatoms. The number of nitrogens with one attached hydrogen (secondary N) is 2. The SMILES string of the molecule is O=C(CNc1cc(Br)c(F)cc1F)Nc1ccccc1. The van der Waals surface area contributed by atoms with Crippen LogP contribution in [0.5, 0.6) is 0 Å². The molecule has 0 atom stereocenters. The molecule has 2 aromatic carbocycles. The summed E-state index contributed by atoms with van der Waals surface area (Å²) in [6.45, 7) is -0.121. The first-order valence-electron chi connectivity index (χ1n) is 5.79. The van der Waals surface area contributed by atoms with Crippen LogP contribution in [0.3, 0.4) is 0 Å². The van der Waals surface area contributed by atoms with E-state index in [9.17, 15) is 13.6 Å². The van der Waals surface area contributed by atoms with E-state index in [-0.39, 0.29) is 22.6 Å². The van der Waals surface area contributed by atoms with Gasteiger partial charge in [-0.25, -0.2) is 8.78 Å². The quantitative estimate of drug-likeness (QED) is 0.831. The lowest BCUT2D eigenvalue weighted by molar-refractivity contribution is -0.114. The second-order valence-corrected chi connectivity index (χ2v) is 4.87. The van der Waals surface area contributed by atoms with Crippen molar-refractivity contribution in [1.29, 1.82) is 0 Å². The van der Waals surface area contributed by atoms with Crippen molar-refractivity contribution in [3.05, 3.63) is 58.6 Å². The molecule has 0 saturated carbocycles. The molecule has 0 bridgehead atoms. The maximum absolute atomic E-state index is 13.5. The normalized spacial score (nSPS) is 10.2. The maximum atomic E-state index is 13.5. The molecule has 0 aliphatic heterocycles. The monoisotopic (exact) mass is 340 g/mol. The highest BCUT2D eigenvalue weighted by Crippen LogP contribution is 2.23. The van der Waals surface area contributed by atoms with Gasteiger partial charge in [0.2, 0.25) is 5.91 Å². The van der Waals surface area contributed by atoms with E-state index in [1.165, 1.54) is 6.07 Å². The number of anilines is 2. The van der Waals surface area contributed by atoms with E-state index >= 15 is 0 Å². The molecule has 0 saturated heterocycles. The average Bonchev–Trinajstić information content (AvgIpc) is 2.42. The first-order chi connectivity index (χ1) is 9.56. The number of hydrogen-bond acceptors (Lipinski definition) is 2. The second-order valence-electron chi connectivity index (χ2n) is 4.01. The zero-order valence-electron chi connectivity index (χ0n) is 10.3. The number of rotatable bonds is 4. The summed E-state index contributed by atoms with van der Waals surface area (Å²) in [7, 11) is 0. The summed E-state index contributed by atoms with van der Waals surface area (Å²) in [6.07, 6.45) is 0. The largest absolute Gasteiger partial charge is 0.374 e. The van der Waals surface area contributed by atoms with Gasteiger partial charge in [0.05, 0.1) is 16.7 Å². The highest BCUT2D eigenvalue weighted by Gasteiger charge is 2.09. The maximum Gasteiger partial charge on any atom is 0.243 e. The van der Waals surface area contributed by atoms with Crippen LogP contribution in [0.25, 0.3) is 0 Å². The van der Waals surface area contributed by atoms with Crippen LogP contribution >= 0.6 is 15.9 Å². The Morgan fingerprint density at radius 3 is 2.50 bits per heavy atom. The van der Waals surface area contributed by atoms with Crippen LogP contribution in [0.2, 0.25) is 0 Å². The highest BCUT2D eigenvalue weighted by atomic mass is 79.9. The standard InChI is InChI=1S/C14H11BrF2N2O/c15-10-6-13(12(17)7-11(10)16)18-8-14(20)19-9-4-2-1-3-5-9/h1-7,18H,8H2,(H,19,20). The third-order valence-electron chi connectivity index (χ3n) is 2.51. The molecule has 20 heavy (non-hydrogen) atoms. The molecule has 2 aromatic rings. The number of hydrogen-bond donors (Lipinski definition) is 2. The molecule has 104 valence electrons.